The molecule has 0 aliphatic rings. The fraction of sp³-hybridized carbons (Fsp3) is 0.350. The summed E-state index contributed by atoms with van der Waals surface area (Å²) < 4.78 is 11.3. The summed E-state index contributed by atoms with van der Waals surface area (Å²) >= 11 is 0. The van der Waals surface area contributed by atoms with E-state index in [1.54, 1.807) is 0 Å². The van der Waals surface area contributed by atoms with Gasteiger partial charge in [0.05, 0.1) is 6.10 Å². The van der Waals surface area contributed by atoms with E-state index in [2.05, 4.69) is 12.2 Å². The van der Waals surface area contributed by atoms with Crippen molar-refractivity contribution in [3.63, 3.8) is 0 Å². The van der Waals surface area contributed by atoms with Crippen LogP contribution < -0.4 is 14.8 Å². The predicted molar refractivity (Wildman–Crippen MR) is 96.9 cm³/mol. The minimum atomic E-state index is -0.188. The van der Waals surface area contributed by atoms with Crippen molar-refractivity contribution in [3.8, 4) is 11.5 Å². The highest BCUT2D eigenvalue weighted by Gasteiger charge is 2.07. The van der Waals surface area contributed by atoms with Crippen LogP contribution in [0.3, 0.4) is 0 Å². The second-order valence-corrected chi connectivity index (χ2v) is 5.97. The number of carbonyl (C=O) groups is 1. The molecule has 0 aliphatic heterocycles. The van der Waals surface area contributed by atoms with Crippen LogP contribution in [-0.2, 0) is 4.79 Å². The van der Waals surface area contributed by atoms with E-state index in [4.69, 9.17) is 9.47 Å². The lowest BCUT2D eigenvalue weighted by molar-refractivity contribution is -0.118. The molecule has 24 heavy (non-hydrogen) atoms. The Hall–Kier alpha value is -2.49. The lowest BCUT2D eigenvalue weighted by Gasteiger charge is -2.13. The van der Waals surface area contributed by atoms with Gasteiger partial charge in [-0.1, -0.05) is 19.1 Å². The number of anilines is 1. The summed E-state index contributed by atoms with van der Waals surface area (Å²) in [6, 6.07) is 13.3. The highest BCUT2D eigenvalue weighted by Crippen LogP contribution is 2.20. The van der Waals surface area contributed by atoms with E-state index in [9.17, 15) is 4.79 Å². The van der Waals surface area contributed by atoms with Gasteiger partial charge in [-0.2, -0.15) is 0 Å². The van der Waals surface area contributed by atoms with Gasteiger partial charge in [0, 0.05) is 5.69 Å². The zero-order valence-electron chi connectivity index (χ0n) is 14.8. The second kappa shape index (κ2) is 8.39. The Bertz CT molecular complexity index is 680. The van der Waals surface area contributed by atoms with Gasteiger partial charge in [0.25, 0.3) is 5.91 Å². The topological polar surface area (TPSA) is 47.6 Å². The van der Waals surface area contributed by atoms with E-state index in [1.807, 2.05) is 63.2 Å². The molecular formula is C20H25NO3. The monoisotopic (exact) mass is 327 g/mol. The van der Waals surface area contributed by atoms with Crippen molar-refractivity contribution in [1.82, 2.24) is 0 Å². The fourth-order valence-corrected chi connectivity index (χ4v) is 2.14. The molecule has 1 unspecified atom stereocenters. The third kappa shape index (κ3) is 5.30. The molecule has 1 N–H and O–H groups in total. The Labute approximate surface area is 143 Å². The Morgan fingerprint density at radius 3 is 2.50 bits per heavy atom. The van der Waals surface area contributed by atoms with Gasteiger partial charge in [-0.05, 0) is 68.7 Å². The number of hydrogen-bond acceptors (Lipinski definition) is 3. The van der Waals surface area contributed by atoms with Crippen molar-refractivity contribution in [2.45, 2.75) is 40.2 Å². The molecule has 0 aliphatic carbocycles. The molecule has 0 spiro atoms. The molecule has 0 aromatic heterocycles. The number of nitrogens with one attached hydrogen (secondary N) is 1. The predicted octanol–water partition coefficient (Wildman–Crippen LogP) is 4.50. The zero-order valence-corrected chi connectivity index (χ0v) is 14.8. The Morgan fingerprint density at radius 2 is 1.83 bits per heavy atom. The fourth-order valence-electron chi connectivity index (χ4n) is 2.14. The quantitative estimate of drug-likeness (QED) is 0.814. The van der Waals surface area contributed by atoms with Gasteiger partial charge in [0.1, 0.15) is 11.5 Å². The average Bonchev–Trinajstić information content (AvgIpc) is 2.57. The molecule has 4 heteroatoms. The van der Waals surface area contributed by atoms with Gasteiger partial charge >= 0.3 is 0 Å². The highest BCUT2D eigenvalue weighted by molar-refractivity contribution is 5.91. The number of amides is 1. The number of hydrogen-bond donors (Lipinski definition) is 1. The van der Waals surface area contributed by atoms with Crippen molar-refractivity contribution < 1.29 is 14.3 Å². The van der Waals surface area contributed by atoms with Crippen LogP contribution >= 0.6 is 0 Å². The van der Waals surface area contributed by atoms with Crippen LogP contribution in [0, 0.1) is 13.8 Å². The molecule has 0 radical (unpaired) electrons. The van der Waals surface area contributed by atoms with Gasteiger partial charge in [-0.3, -0.25) is 4.79 Å². The Kier molecular flexibility index (Phi) is 6.24. The van der Waals surface area contributed by atoms with Crippen LogP contribution in [0.2, 0.25) is 0 Å². The Morgan fingerprint density at radius 1 is 1.12 bits per heavy atom. The van der Waals surface area contributed by atoms with Gasteiger partial charge in [-0.25, -0.2) is 0 Å². The normalized spacial score (nSPS) is 11.7. The number of carbonyl (C=O) groups excluding carboxylic acids is 1. The summed E-state index contributed by atoms with van der Waals surface area (Å²) in [6.07, 6.45) is 1.13. The van der Waals surface area contributed by atoms with Gasteiger partial charge < -0.3 is 14.8 Å². The summed E-state index contributed by atoms with van der Waals surface area (Å²) in [4.78, 5) is 12.0. The molecule has 1 amide bonds. The van der Waals surface area contributed by atoms with Gasteiger partial charge in [0.15, 0.2) is 6.61 Å². The largest absolute Gasteiger partial charge is 0.491 e. The maximum Gasteiger partial charge on any atom is 0.262 e. The summed E-state index contributed by atoms with van der Waals surface area (Å²) in [7, 11) is 0. The number of aryl methyl sites for hydroxylation is 2. The first-order valence-electron chi connectivity index (χ1n) is 8.24. The van der Waals surface area contributed by atoms with Gasteiger partial charge in [-0.15, -0.1) is 0 Å². The first kappa shape index (κ1) is 17.9. The van der Waals surface area contributed by atoms with E-state index in [0.29, 0.717) is 0 Å². The molecule has 2 rings (SSSR count). The average molecular weight is 327 g/mol. The highest BCUT2D eigenvalue weighted by atomic mass is 16.5. The van der Waals surface area contributed by atoms with E-state index >= 15 is 0 Å². The number of ether oxygens (including phenoxy) is 2. The Balaban J connectivity index is 1.87. The third-order valence-electron chi connectivity index (χ3n) is 3.75. The van der Waals surface area contributed by atoms with Crippen LogP contribution in [0.15, 0.2) is 42.5 Å². The molecule has 0 bridgehead atoms. The third-order valence-corrected chi connectivity index (χ3v) is 3.75. The van der Waals surface area contributed by atoms with Crippen LogP contribution in [0.5, 0.6) is 11.5 Å². The van der Waals surface area contributed by atoms with Crippen molar-refractivity contribution in [2.75, 3.05) is 11.9 Å². The molecule has 1 atom stereocenters. The smallest absolute Gasteiger partial charge is 0.262 e. The molecule has 0 saturated carbocycles. The molecule has 2 aromatic rings. The molecular weight excluding hydrogens is 302 g/mol. The molecule has 128 valence electrons. The van der Waals surface area contributed by atoms with Gasteiger partial charge in [0.2, 0.25) is 0 Å². The van der Waals surface area contributed by atoms with Crippen molar-refractivity contribution in [2.24, 2.45) is 0 Å². The molecule has 0 fully saturated rings. The van der Waals surface area contributed by atoms with Crippen molar-refractivity contribution in [3.05, 3.63) is 53.6 Å². The zero-order chi connectivity index (χ0) is 17.5. The molecule has 0 heterocycles. The van der Waals surface area contributed by atoms with Crippen LogP contribution in [0.1, 0.15) is 31.4 Å². The lowest BCUT2D eigenvalue weighted by Crippen LogP contribution is -2.20. The van der Waals surface area contributed by atoms with Crippen molar-refractivity contribution in [1.29, 1.82) is 0 Å². The minimum Gasteiger partial charge on any atom is -0.491 e. The standard InChI is InChI=1S/C20H25NO3/c1-5-16(4)24-18-10-8-17(9-11-18)21-20(22)13-23-19-12-14(2)6-7-15(19)3/h6-12,16H,5,13H2,1-4H3,(H,21,22). The molecule has 4 nitrogen and oxygen atoms in total. The van der Waals surface area contributed by atoms with Crippen molar-refractivity contribution >= 4 is 11.6 Å². The number of rotatable bonds is 7. The summed E-state index contributed by atoms with van der Waals surface area (Å²) in [5.74, 6) is 1.35. The van der Waals surface area contributed by atoms with E-state index in [1.165, 1.54) is 0 Å². The number of benzene rings is 2. The first-order valence-corrected chi connectivity index (χ1v) is 8.24. The summed E-state index contributed by atoms with van der Waals surface area (Å²) in [6.45, 7) is 8.04. The van der Waals surface area contributed by atoms with E-state index < -0.39 is 0 Å². The van der Waals surface area contributed by atoms with E-state index in [0.717, 1.165) is 34.7 Å². The maximum atomic E-state index is 12.0. The summed E-state index contributed by atoms with van der Waals surface area (Å²) in [5, 5.41) is 2.82. The second-order valence-electron chi connectivity index (χ2n) is 5.97. The van der Waals surface area contributed by atoms with Crippen LogP contribution in [-0.4, -0.2) is 18.6 Å². The maximum absolute atomic E-state index is 12.0. The van der Waals surface area contributed by atoms with Crippen LogP contribution in [0.4, 0.5) is 5.69 Å². The van der Waals surface area contributed by atoms with E-state index in [-0.39, 0.29) is 18.6 Å². The molecule has 2 aromatic carbocycles. The van der Waals surface area contributed by atoms with Crippen LogP contribution in [0.25, 0.3) is 0 Å². The first-order chi connectivity index (χ1) is 11.5. The summed E-state index contributed by atoms with van der Waals surface area (Å²) in [5.41, 5.74) is 2.84. The minimum absolute atomic E-state index is 0.0184. The lowest BCUT2D eigenvalue weighted by atomic mass is 10.1. The SMILES string of the molecule is CCC(C)Oc1ccc(NC(=O)COc2cc(C)ccc2C)cc1. The molecule has 0 saturated heterocycles.